The number of benzene rings is 10. The zero-order valence-electron chi connectivity index (χ0n) is 37.1. The number of thiophene rings is 1. The second-order valence-electron chi connectivity index (χ2n) is 17.3. The van der Waals surface area contributed by atoms with E-state index in [1.807, 2.05) is 11.3 Å². The van der Waals surface area contributed by atoms with Crippen LogP contribution in [0.5, 0.6) is 0 Å². The molecule has 0 unspecified atom stereocenters. The fraction of sp³-hybridized carbons (Fsp3) is 0. The van der Waals surface area contributed by atoms with Crippen molar-refractivity contribution in [3.63, 3.8) is 0 Å². The highest BCUT2D eigenvalue weighted by molar-refractivity contribution is 7.18. The summed E-state index contributed by atoms with van der Waals surface area (Å²) >= 11 is 1.84. The average Bonchev–Trinajstić information content (AvgIpc) is 4.13. The van der Waals surface area contributed by atoms with Crippen molar-refractivity contribution in [3.8, 4) is 54.5 Å². The van der Waals surface area contributed by atoms with Crippen molar-refractivity contribution in [2.24, 2.45) is 0 Å². The maximum absolute atomic E-state index is 2.40. The molecule has 3 heterocycles. The van der Waals surface area contributed by atoms with Crippen LogP contribution in [0.2, 0.25) is 0 Å². The van der Waals surface area contributed by atoms with E-state index in [-0.39, 0.29) is 0 Å². The summed E-state index contributed by atoms with van der Waals surface area (Å²) < 4.78 is 4.78. The molecule has 0 saturated heterocycles. The summed E-state index contributed by atoms with van der Waals surface area (Å²) in [5.41, 5.74) is 17.6. The molecule has 0 fully saturated rings. The maximum Gasteiger partial charge on any atom is 0.0547 e. The van der Waals surface area contributed by atoms with Crippen LogP contribution >= 0.6 is 11.3 Å². The molecule has 0 N–H and O–H groups in total. The second-order valence-corrected chi connectivity index (χ2v) is 18.4. The zero-order chi connectivity index (χ0) is 45.0. The van der Waals surface area contributed by atoms with Gasteiger partial charge in [-0.15, -0.1) is 11.3 Å². The van der Waals surface area contributed by atoms with E-state index in [1.54, 1.807) is 0 Å². The highest BCUT2D eigenvalue weighted by Crippen LogP contribution is 2.41. The van der Waals surface area contributed by atoms with Crippen molar-refractivity contribution in [1.82, 2.24) is 9.13 Å². The minimum Gasteiger partial charge on any atom is -0.311 e. The van der Waals surface area contributed by atoms with Crippen LogP contribution in [-0.2, 0) is 0 Å². The molecule has 0 atom stereocenters. The third-order valence-electron chi connectivity index (χ3n) is 13.4. The van der Waals surface area contributed by atoms with Crippen LogP contribution in [0.4, 0.5) is 17.1 Å². The van der Waals surface area contributed by atoms with Gasteiger partial charge in [0, 0.05) is 59.7 Å². The Morgan fingerprint density at radius 3 is 1.29 bits per heavy atom. The topological polar surface area (TPSA) is 13.1 Å². The number of hydrogen-bond acceptors (Lipinski definition) is 2. The van der Waals surface area contributed by atoms with E-state index in [0.29, 0.717) is 0 Å². The Morgan fingerprint density at radius 2 is 0.662 bits per heavy atom. The first-order valence-corrected chi connectivity index (χ1v) is 24.0. The molecular formula is C64H43N3S. The molecule has 0 aliphatic heterocycles. The first-order valence-electron chi connectivity index (χ1n) is 23.2. The van der Waals surface area contributed by atoms with Crippen molar-refractivity contribution >= 4 is 72.0 Å². The van der Waals surface area contributed by atoms with Gasteiger partial charge in [0.2, 0.25) is 0 Å². The van der Waals surface area contributed by atoms with Gasteiger partial charge in [-0.1, -0.05) is 158 Å². The standard InChI is InChI=1S/C64H43N3S/c1-4-14-46(15-5-1)63-40-41-64(68-63)47-28-36-54(37-29-47)66-60-23-13-11-21-56(60)58-42-48(31-39-61(58)66)44-24-32-52(33-25-44)65(50-16-6-2-7-17-50)53-34-26-45(27-35-53)49-30-38-57-55-20-10-12-22-59(55)67(62(57)43-49)51-18-8-3-9-19-51/h1-43H. The highest BCUT2D eigenvalue weighted by atomic mass is 32.1. The molecule has 0 aliphatic carbocycles. The van der Waals surface area contributed by atoms with Crippen LogP contribution in [0.15, 0.2) is 261 Å². The Labute approximate surface area is 399 Å². The molecule has 0 aliphatic rings. The quantitative estimate of drug-likeness (QED) is 0.141. The van der Waals surface area contributed by atoms with Crippen LogP contribution in [0.25, 0.3) is 98.1 Å². The molecule has 0 spiro atoms. The molecule has 320 valence electrons. The Bertz CT molecular complexity index is 3920. The van der Waals surface area contributed by atoms with Gasteiger partial charge in [-0.25, -0.2) is 0 Å². The van der Waals surface area contributed by atoms with E-state index < -0.39 is 0 Å². The van der Waals surface area contributed by atoms with Crippen molar-refractivity contribution < 1.29 is 0 Å². The van der Waals surface area contributed by atoms with E-state index in [1.165, 1.54) is 86.7 Å². The number of rotatable bonds is 9. The third-order valence-corrected chi connectivity index (χ3v) is 14.6. The summed E-state index contributed by atoms with van der Waals surface area (Å²) in [7, 11) is 0. The number of aromatic nitrogens is 2. The van der Waals surface area contributed by atoms with E-state index in [0.717, 1.165) is 28.4 Å². The van der Waals surface area contributed by atoms with Crippen LogP contribution in [-0.4, -0.2) is 9.13 Å². The summed E-state index contributed by atoms with van der Waals surface area (Å²) in [4.78, 5) is 4.89. The minimum atomic E-state index is 1.10. The lowest BCUT2D eigenvalue weighted by molar-refractivity contribution is 1.18. The lowest BCUT2D eigenvalue weighted by atomic mass is 10.0. The lowest BCUT2D eigenvalue weighted by Gasteiger charge is -2.26. The van der Waals surface area contributed by atoms with E-state index in [4.69, 9.17) is 0 Å². The molecule has 10 aromatic carbocycles. The van der Waals surface area contributed by atoms with E-state index in [2.05, 4.69) is 275 Å². The predicted molar refractivity (Wildman–Crippen MR) is 289 cm³/mol. The zero-order valence-corrected chi connectivity index (χ0v) is 37.9. The summed E-state index contributed by atoms with van der Waals surface area (Å²) in [6, 6.07) is 94.7. The fourth-order valence-electron chi connectivity index (χ4n) is 10.1. The first kappa shape index (κ1) is 39.6. The minimum absolute atomic E-state index is 1.10. The van der Waals surface area contributed by atoms with Gasteiger partial charge in [0.05, 0.1) is 22.1 Å². The van der Waals surface area contributed by atoms with Crippen molar-refractivity contribution in [3.05, 3.63) is 261 Å². The van der Waals surface area contributed by atoms with Crippen LogP contribution < -0.4 is 4.90 Å². The predicted octanol–water partition coefficient (Wildman–Crippen LogP) is 18.1. The Hall–Kier alpha value is -8.70. The average molecular weight is 886 g/mol. The molecule has 0 amide bonds. The lowest BCUT2D eigenvalue weighted by Crippen LogP contribution is -2.09. The normalized spacial score (nSPS) is 11.5. The van der Waals surface area contributed by atoms with Gasteiger partial charge in [0.25, 0.3) is 0 Å². The van der Waals surface area contributed by atoms with Gasteiger partial charge in [-0.2, -0.15) is 0 Å². The third kappa shape index (κ3) is 6.90. The van der Waals surface area contributed by atoms with E-state index in [9.17, 15) is 0 Å². The monoisotopic (exact) mass is 885 g/mol. The Balaban J connectivity index is 0.813. The number of fused-ring (bicyclic) bond motifs is 6. The van der Waals surface area contributed by atoms with Gasteiger partial charge in [-0.3, -0.25) is 0 Å². The van der Waals surface area contributed by atoms with Crippen molar-refractivity contribution in [2.75, 3.05) is 4.90 Å². The van der Waals surface area contributed by atoms with Gasteiger partial charge in [0.15, 0.2) is 0 Å². The van der Waals surface area contributed by atoms with Crippen molar-refractivity contribution in [2.45, 2.75) is 0 Å². The van der Waals surface area contributed by atoms with Crippen LogP contribution in [0.1, 0.15) is 0 Å². The summed E-state index contributed by atoms with van der Waals surface area (Å²) in [6.07, 6.45) is 0. The number of para-hydroxylation sites is 4. The summed E-state index contributed by atoms with van der Waals surface area (Å²) in [6.45, 7) is 0. The van der Waals surface area contributed by atoms with Crippen molar-refractivity contribution in [1.29, 1.82) is 0 Å². The molecule has 4 heteroatoms. The summed E-state index contributed by atoms with van der Waals surface area (Å²) in [5.74, 6) is 0. The number of hydrogen-bond donors (Lipinski definition) is 0. The molecule has 13 aromatic rings. The number of nitrogens with zero attached hydrogens (tertiary/aromatic N) is 3. The molecule has 3 aromatic heterocycles. The SMILES string of the molecule is c1ccc(-c2ccc(-c3ccc(-n4c5ccccc5c5cc(-c6ccc(N(c7ccccc7)c7ccc(-c8ccc9c%10ccccc%10n(-c%10ccccc%10)c9c8)cc7)cc6)ccc54)cc3)s2)cc1. The Morgan fingerprint density at radius 1 is 0.250 bits per heavy atom. The molecule has 0 bridgehead atoms. The molecular weight excluding hydrogens is 843 g/mol. The fourth-order valence-corrected chi connectivity index (χ4v) is 11.1. The Kier molecular flexibility index (Phi) is 9.69. The molecule has 13 rings (SSSR count). The summed E-state index contributed by atoms with van der Waals surface area (Å²) in [5, 5.41) is 5.00. The molecule has 0 radical (unpaired) electrons. The van der Waals surface area contributed by atoms with Crippen LogP contribution in [0, 0.1) is 0 Å². The molecule has 3 nitrogen and oxygen atoms in total. The highest BCUT2D eigenvalue weighted by Gasteiger charge is 2.18. The first-order chi connectivity index (χ1) is 33.7. The maximum atomic E-state index is 2.40. The van der Waals surface area contributed by atoms with E-state index >= 15 is 0 Å². The van der Waals surface area contributed by atoms with Crippen LogP contribution in [0.3, 0.4) is 0 Å². The molecule has 68 heavy (non-hydrogen) atoms. The second kappa shape index (κ2) is 16.6. The van der Waals surface area contributed by atoms with Gasteiger partial charge < -0.3 is 14.0 Å². The van der Waals surface area contributed by atoms with Gasteiger partial charge in [-0.05, 0) is 137 Å². The smallest absolute Gasteiger partial charge is 0.0547 e. The molecule has 0 saturated carbocycles. The largest absolute Gasteiger partial charge is 0.311 e. The van der Waals surface area contributed by atoms with Gasteiger partial charge >= 0.3 is 0 Å². The number of anilines is 3. The van der Waals surface area contributed by atoms with Gasteiger partial charge in [0.1, 0.15) is 0 Å².